The van der Waals surface area contributed by atoms with Crippen molar-refractivity contribution in [3.63, 3.8) is 0 Å². The van der Waals surface area contributed by atoms with Gasteiger partial charge in [-0.1, -0.05) is 12.1 Å². The summed E-state index contributed by atoms with van der Waals surface area (Å²) in [4.78, 5) is 14.1. The Bertz CT molecular complexity index is 778. The fourth-order valence-electron chi connectivity index (χ4n) is 2.32. The minimum Gasteiger partial charge on any atom is -0.327 e. The monoisotopic (exact) mass is 312 g/mol. The summed E-state index contributed by atoms with van der Waals surface area (Å²) in [5.74, 6) is -0.165. The van der Waals surface area contributed by atoms with Crippen LogP contribution in [0.2, 0.25) is 0 Å². The standard InChI is InChI=1S/C16H16N4OS/c1-3-19-8-7-12(18-19)10-14-15(21)20(16(22)17-14)13-6-4-5-11(2)9-13/h4-10H,3H2,1-2H3,(H,17,22)/b14-10+. The number of amides is 1. The highest BCUT2D eigenvalue weighted by atomic mass is 32.1. The van der Waals surface area contributed by atoms with Crippen LogP contribution in [0.3, 0.4) is 0 Å². The van der Waals surface area contributed by atoms with Gasteiger partial charge in [0.15, 0.2) is 5.11 Å². The van der Waals surface area contributed by atoms with Crippen LogP contribution in [-0.4, -0.2) is 20.8 Å². The van der Waals surface area contributed by atoms with Crippen molar-refractivity contribution in [2.45, 2.75) is 20.4 Å². The first kappa shape index (κ1) is 14.5. The highest BCUT2D eigenvalue weighted by Gasteiger charge is 2.32. The van der Waals surface area contributed by atoms with Crippen LogP contribution < -0.4 is 10.2 Å². The van der Waals surface area contributed by atoms with Gasteiger partial charge in [-0.25, -0.2) is 0 Å². The van der Waals surface area contributed by atoms with E-state index in [1.165, 1.54) is 4.90 Å². The van der Waals surface area contributed by atoms with E-state index in [1.807, 2.05) is 55.1 Å². The van der Waals surface area contributed by atoms with E-state index in [9.17, 15) is 4.79 Å². The predicted molar refractivity (Wildman–Crippen MR) is 90.3 cm³/mol. The minimum absolute atomic E-state index is 0.165. The lowest BCUT2D eigenvalue weighted by Crippen LogP contribution is -2.30. The molecule has 1 aliphatic rings. The number of hydrogen-bond donors (Lipinski definition) is 1. The molecule has 0 radical (unpaired) electrons. The Balaban J connectivity index is 1.91. The van der Waals surface area contributed by atoms with E-state index in [0.29, 0.717) is 10.8 Å². The zero-order valence-corrected chi connectivity index (χ0v) is 13.2. The van der Waals surface area contributed by atoms with E-state index in [-0.39, 0.29) is 5.91 Å². The molecule has 5 nitrogen and oxygen atoms in total. The average Bonchev–Trinajstić information content (AvgIpc) is 3.04. The van der Waals surface area contributed by atoms with Gasteiger partial charge in [0.2, 0.25) is 0 Å². The first-order chi connectivity index (χ1) is 10.6. The number of rotatable bonds is 3. The van der Waals surface area contributed by atoms with E-state index >= 15 is 0 Å². The van der Waals surface area contributed by atoms with Gasteiger partial charge in [-0.3, -0.25) is 14.4 Å². The van der Waals surface area contributed by atoms with Crippen LogP contribution in [-0.2, 0) is 11.3 Å². The molecule has 1 aromatic heterocycles. The second kappa shape index (κ2) is 5.73. The third-order valence-electron chi connectivity index (χ3n) is 3.42. The number of nitrogens with zero attached hydrogens (tertiary/aromatic N) is 3. The summed E-state index contributed by atoms with van der Waals surface area (Å²) in [5.41, 5.74) is 3.01. The number of carbonyl (C=O) groups is 1. The van der Waals surface area contributed by atoms with Crippen LogP contribution in [0, 0.1) is 6.92 Å². The van der Waals surface area contributed by atoms with E-state index in [0.717, 1.165) is 23.5 Å². The van der Waals surface area contributed by atoms with Crippen molar-refractivity contribution >= 4 is 35.0 Å². The van der Waals surface area contributed by atoms with Crippen molar-refractivity contribution in [1.29, 1.82) is 0 Å². The van der Waals surface area contributed by atoms with Gasteiger partial charge in [0.05, 0.1) is 11.4 Å². The van der Waals surface area contributed by atoms with Crippen molar-refractivity contribution in [2.24, 2.45) is 0 Å². The number of thiocarbonyl (C=S) groups is 1. The summed E-state index contributed by atoms with van der Waals surface area (Å²) < 4.78 is 1.81. The largest absolute Gasteiger partial charge is 0.327 e. The quantitative estimate of drug-likeness (QED) is 0.699. The third kappa shape index (κ3) is 2.65. The molecule has 1 saturated heterocycles. The van der Waals surface area contributed by atoms with Gasteiger partial charge < -0.3 is 5.32 Å². The van der Waals surface area contributed by atoms with E-state index in [1.54, 1.807) is 6.08 Å². The number of benzene rings is 1. The van der Waals surface area contributed by atoms with Gasteiger partial charge in [-0.05, 0) is 55.9 Å². The smallest absolute Gasteiger partial charge is 0.281 e. The van der Waals surface area contributed by atoms with Gasteiger partial charge in [0.25, 0.3) is 5.91 Å². The molecule has 2 heterocycles. The Morgan fingerprint density at radius 1 is 1.36 bits per heavy atom. The van der Waals surface area contributed by atoms with Crippen LogP contribution >= 0.6 is 12.2 Å². The van der Waals surface area contributed by atoms with Crippen LogP contribution in [0.4, 0.5) is 5.69 Å². The number of carbonyl (C=O) groups excluding carboxylic acids is 1. The molecule has 0 atom stereocenters. The number of anilines is 1. The van der Waals surface area contributed by atoms with E-state index in [2.05, 4.69) is 10.4 Å². The summed E-state index contributed by atoms with van der Waals surface area (Å²) in [6, 6.07) is 9.55. The maximum atomic E-state index is 12.6. The molecule has 1 N–H and O–H groups in total. The first-order valence-electron chi connectivity index (χ1n) is 7.05. The van der Waals surface area contributed by atoms with Gasteiger partial charge in [-0.2, -0.15) is 5.10 Å². The average molecular weight is 312 g/mol. The SMILES string of the molecule is CCn1ccc(/C=C2/NC(=S)N(c3cccc(C)c3)C2=O)n1. The Morgan fingerprint density at radius 2 is 2.18 bits per heavy atom. The molecule has 3 rings (SSSR count). The minimum atomic E-state index is -0.165. The Hall–Kier alpha value is -2.47. The van der Waals surface area contributed by atoms with Crippen LogP contribution in [0.5, 0.6) is 0 Å². The zero-order chi connectivity index (χ0) is 15.7. The van der Waals surface area contributed by atoms with E-state index < -0.39 is 0 Å². The van der Waals surface area contributed by atoms with Gasteiger partial charge in [0.1, 0.15) is 5.70 Å². The lowest BCUT2D eigenvalue weighted by molar-refractivity contribution is -0.113. The molecule has 112 valence electrons. The summed E-state index contributed by atoms with van der Waals surface area (Å²) in [6.07, 6.45) is 3.60. The molecule has 1 fully saturated rings. The number of nitrogens with one attached hydrogen (secondary N) is 1. The molecular formula is C16H16N4OS. The van der Waals surface area contributed by atoms with Crippen LogP contribution in [0.1, 0.15) is 18.2 Å². The molecule has 0 unspecified atom stereocenters. The molecule has 0 spiro atoms. The molecule has 1 amide bonds. The van der Waals surface area contributed by atoms with Crippen molar-refractivity contribution in [3.05, 3.63) is 53.5 Å². The Kier molecular flexibility index (Phi) is 3.77. The Labute approximate surface area is 134 Å². The molecule has 22 heavy (non-hydrogen) atoms. The second-order valence-corrected chi connectivity index (χ2v) is 5.45. The highest BCUT2D eigenvalue weighted by molar-refractivity contribution is 7.80. The maximum absolute atomic E-state index is 12.6. The molecule has 6 heteroatoms. The summed E-state index contributed by atoms with van der Waals surface area (Å²) in [5, 5.41) is 7.70. The highest BCUT2D eigenvalue weighted by Crippen LogP contribution is 2.23. The maximum Gasteiger partial charge on any atom is 0.281 e. The molecule has 0 saturated carbocycles. The molecule has 2 aromatic rings. The molecular weight excluding hydrogens is 296 g/mol. The fraction of sp³-hybridized carbons (Fsp3) is 0.188. The van der Waals surface area contributed by atoms with Gasteiger partial charge >= 0.3 is 0 Å². The normalized spacial score (nSPS) is 16.5. The number of hydrogen-bond acceptors (Lipinski definition) is 3. The van der Waals surface area contributed by atoms with E-state index in [4.69, 9.17) is 12.2 Å². The first-order valence-corrected chi connectivity index (χ1v) is 7.46. The number of aromatic nitrogens is 2. The lowest BCUT2D eigenvalue weighted by Gasteiger charge is -2.14. The van der Waals surface area contributed by atoms with Gasteiger partial charge in [-0.15, -0.1) is 0 Å². The van der Waals surface area contributed by atoms with Crippen molar-refractivity contribution in [1.82, 2.24) is 15.1 Å². The van der Waals surface area contributed by atoms with Gasteiger partial charge in [0, 0.05) is 12.7 Å². The lowest BCUT2D eigenvalue weighted by atomic mass is 10.2. The summed E-state index contributed by atoms with van der Waals surface area (Å²) >= 11 is 5.29. The van der Waals surface area contributed by atoms with Crippen LogP contribution in [0.25, 0.3) is 6.08 Å². The van der Waals surface area contributed by atoms with Crippen LogP contribution in [0.15, 0.2) is 42.2 Å². The molecule has 0 aliphatic carbocycles. The number of aryl methyl sites for hydroxylation is 2. The summed E-state index contributed by atoms with van der Waals surface area (Å²) in [7, 11) is 0. The third-order valence-corrected chi connectivity index (χ3v) is 3.70. The molecule has 1 aliphatic heterocycles. The Morgan fingerprint density at radius 3 is 2.86 bits per heavy atom. The molecule has 1 aromatic carbocycles. The zero-order valence-electron chi connectivity index (χ0n) is 12.4. The second-order valence-electron chi connectivity index (χ2n) is 5.06. The summed E-state index contributed by atoms with van der Waals surface area (Å²) in [6.45, 7) is 4.78. The fourth-order valence-corrected chi connectivity index (χ4v) is 2.61. The van der Waals surface area contributed by atoms with Crippen molar-refractivity contribution < 1.29 is 4.79 Å². The van der Waals surface area contributed by atoms with Crippen molar-refractivity contribution in [2.75, 3.05) is 4.90 Å². The predicted octanol–water partition coefficient (Wildman–Crippen LogP) is 2.47. The topological polar surface area (TPSA) is 50.2 Å². The van der Waals surface area contributed by atoms with Crippen molar-refractivity contribution in [3.8, 4) is 0 Å². The molecule has 0 bridgehead atoms.